The normalized spacial score (nSPS) is 19.0. The SMILES string of the molecule is CCC(C(=O)O)c1ccc(-c2ccccc2)cc1.N[C@@H]1CCCC[C@H]1c1ccccc1. The zero-order valence-corrected chi connectivity index (χ0v) is 18.3. The van der Waals surface area contributed by atoms with Gasteiger partial charge in [-0.15, -0.1) is 0 Å². The van der Waals surface area contributed by atoms with Gasteiger partial charge in [0.2, 0.25) is 0 Å². The van der Waals surface area contributed by atoms with Gasteiger partial charge in [-0.2, -0.15) is 0 Å². The van der Waals surface area contributed by atoms with Crippen molar-refractivity contribution in [3.8, 4) is 11.1 Å². The Kier molecular flexibility index (Phi) is 8.43. The van der Waals surface area contributed by atoms with E-state index in [0.717, 1.165) is 16.7 Å². The van der Waals surface area contributed by atoms with Crippen molar-refractivity contribution in [2.24, 2.45) is 5.73 Å². The third kappa shape index (κ3) is 6.28. The molecule has 1 saturated carbocycles. The number of hydrogen-bond acceptors (Lipinski definition) is 2. The van der Waals surface area contributed by atoms with E-state index in [-0.39, 0.29) is 0 Å². The van der Waals surface area contributed by atoms with E-state index >= 15 is 0 Å². The minimum absolute atomic E-state index is 0.385. The summed E-state index contributed by atoms with van der Waals surface area (Å²) in [6.45, 7) is 1.89. The summed E-state index contributed by atoms with van der Waals surface area (Å²) in [6, 6.07) is 28.9. The molecule has 31 heavy (non-hydrogen) atoms. The van der Waals surface area contributed by atoms with Gasteiger partial charge in [0.1, 0.15) is 0 Å². The molecular formula is C28H33NO2. The Morgan fingerprint density at radius 1 is 0.871 bits per heavy atom. The molecule has 1 aliphatic carbocycles. The third-order valence-electron chi connectivity index (χ3n) is 6.17. The van der Waals surface area contributed by atoms with Crippen LogP contribution in [0.5, 0.6) is 0 Å². The van der Waals surface area contributed by atoms with Crippen LogP contribution in [-0.4, -0.2) is 17.1 Å². The molecule has 3 aromatic rings. The summed E-state index contributed by atoms with van der Waals surface area (Å²) in [5.41, 5.74) is 10.7. The Labute approximate surface area is 185 Å². The minimum Gasteiger partial charge on any atom is -0.481 e. The molecule has 3 atom stereocenters. The van der Waals surface area contributed by atoms with Crippen LogP contribution in [0.1, 0.15) is 62.0 Å². The monoisotopic (exact) mass is 415 g/mol. The molecule has 3 nitrogen and oxygen atoms in total. The first-order valence-corrected chi connectivity index (χ1v) is 11.3. The van der Waals surface area contributed by atoms with Gasteiger partial charge in [-0.05, 0) is 47.4 Å². The van der Waals surface area contributed by atoms with Crippen LogP contribution in [0.25, 0.3) is 11.1 Å². The van der Waals surface area contributed by atoms with E-state index in [9.17, 15) is 4.79 Å². The van der Waals surface area contributed by atoms with Crippen molar-refractivity contribution >= 4 is 5.97 Å². The fourth-order valence-corrected chi connectivity index (χ4v) is 4.37. The van der Waals surface area contributed by atoms with Crippen molar-refractivity contribution < 1.29 is 9.90 Å². The summed E-state index contributed by atoms with van der Waals surface area (Å²) < 4.78 is 0. The fourth-order valence-electron chi connectivity index (χ4n) is 4.37. The van der Waals surface area contributed by atoms with E-state index < -0.39 is 11.9 Å². The molecule has 1 unspecified atom stereocenters. The molecule has 0 radical (unpaired) electrons. The minimum atomic E-state index is -0.759. The predicted molar refractivity (Wildman–Crippen MR) is 128 cm³/mol. The number of rotatable bonds is 5. The van der Waals surface area contributed by atoms with Gasteiger partial charge in [-0.1, -0.05) is 105 Å². The van der Waals surface area contributed by atoms with Crippen molar-refractivity contribution in [3.63, 3.8) is 0 Å². The van der Waals surface area contributed by atoms with Crippen LogP contribution >= 0.6 is 0 Å². The van der Waals surface area contributed by atoms with Gasteiger partial charge in [-0.25, -0.2) is 0 Å². The highest BCUT2D eigenvalue weighted by Crippen LogP contribution is 2.31. The lowest BCUT2D eigenvalue weighted by Gasteiger charge is -2.28. The lowest BCUT2D eigenvalue weighted by atomic mass is 9.80. The maximum Gasteiger partial charge on any atom is 0.310 e. The Morgan fingerprint density at radius 2 is 1.42 bits per heavy atom. The van der Waals surface area contributed by atoms with E-state index in [0.29, 0.717) is 18.4 Å². The van der Waals surface area contributed by atoms with Gasteiger partial charge in [0.25, 0.3) is 0 Å². The van der Waals surface area contributed by atoms with Crippen LogP contribution in [0.4, 0.5) is 0 Å². The molecule has 0 aromatic heterocycles. The molecule has 3 N–H and O–H groups in total. The summed E-state index contributed by atoms with van der Waals surface area (Å²) in [5.74, 6) is -0.560. The van der Waals surface area contributed by atoms with Gasteiger partial charge in [0.05, 0.1) is 5.92 Å². The van der Waals surface area contributed by atoms with Crippen LogP contribution in [0.15, 0.2) is 84.9 Å². The van der Waals surface area contributed by atoms with Crippen molar-refractivity contribution in [3.05, 3.63) is 96.1 Å². The van der Waals surface area contributed by atoms with Gasteiger partial charge in [-0.3, -0.25) is 4.79 Å². The summed E-state index contributed by atoms with van der Waals surface area (Å²) >= 11 is 0. The average Bonchev–Trinajstić information content (AvgIpc) is 2.82. The van der Waals surface area contributed by atoms with Crippen LogP contribution in [0.2, 0.25) is 0 Å². The first kappa shape index (κ1) is 22.8. The number of hydrogen-bond donors (Lipinski definition) is 2. The number of carboxylic acids is 1. The molecule has 0 aliphatic heterocycles. The largest absolute Gasteiger partial charge is 0.481 e. The highest BCUT2D eigenvalue weighted by molar-refractivity contribution is 5.76. The zero-order chi connectivity index (χ0) is 22.1. The molecule has 162 valence electrons. The lowest BCUT2D eigenvalue weighted by Crippen LogP contribution is -2.31. The lowest BCUT2D eigenvalue weighted by molar-refractivity contribution is -0.138. The van der Waals surface area contributed by atoms with Gasteiger partial charge in [0.15, 0.2) is 0 Å². The molecule has 1 fully saturated rings. The predicted octanol–water partition coefficient (Wildman–Crippen LogP) is 6.60. The van der Waals surface area contributed by atoms with Crippen LogP contribution in [-0.2, 0) is 4.79 Å². The summed E-state index contributed by atoms with van der Waals surface area (Å²) in [4.78, 5) is 11.1. The molecule has 4 rings (SSSR count). The molecule has 0 heterocycles. The van der Waals surface area contributed by atoms with Crippen molar-refractivity contribution in [1.82, 2.24) is 0 Å². The van der Waals surface area contributed by atoms with Crippen LogP contribution < -0.4 is 5.73 Å². The molecule has 3 aromatic carbocycles. The van der Waals surface area contributed by atoms with Crippen LogP contribution in [0.3, 0.4) is 0 Å². The quantitative estimate of drug-likeness (QED) is 0.493. The molecule has 0 amide bonds. The average molecular weight is 416 g/mol. The molecule has 0 spiro atoms. The maximum atomic E-state index is 11.1. The van der Waals surface area contributed by atoms with Gasteiger partial charge >= 0.3 is 5.97 Å². The Bertz CT molecular complexity index is 922. The molecule has 0 bridgehead atoms. The third-order valence-corrected chi connectivity index (χ3v) is 6.17. The van der Waals surface area contributed by atoms with E-state index in [1.165, 1.54) is 31.2 Å². The summed E-state index contributed by atoms with van der Waals surface area (Å²) in [5, 5.41) is 9.11. The smallest absolute Gasteiger partial charge is 0.310 e. The fraction of sp³-hybridized carbons (Fsp3) is 0.321. The molecular weight excluding hydrogens is 382 g/mol. The van der Waals surface area contributed by atoms with Crippen molar-refractivity contribution in [1.29, 1.82) is 0 Å². The van der Waals surface area contributed by atoms with E-state index in [1.807, 2.05) is 61.5 Å². The van der Waals surface area contributed by atoms with Crippen molar-refractivity contribution in [2.45, 2.75) is 56.9 Å². The first-order chi connectivity index (χ1) is 15.1. The maximum absolute atomic E-state index is 11.1. The highest BCUT2D eigenvalue weighted by Gasteiger charge is 2.22. The molecule has 1 aliphatic rings. The van der Waals surface area contributed by atoms with E-state index in [4.69, 9.17) is 10.8 Å². The zero-order valence-electron chi connectivity index (χ0n) is 18.3. The second-order valence-electron chi connectivity index (χ2n) is 8.25. The molecule has 3 heteroatoms. The number of nitrogens with two attached hydrogens (primary N) is 1. The Balaban J connectivity index is 0.000000185. The Morgan fingerprint density at radius 3 is 1.97 bits per heavy atom. The number of carbonyl (C=O) groups is 1. The number of benzene rings is 3. The standard InChI is InChI=1S/C16H16O2.C12H17N/c1-2-15(16(17)18)14-10-8-13(9-11-14)12-6-4-3-5-7-12;13-12-9-5-4-8-11(12)10-6-2-1-3-7-10/h3-11,15H,2H2,1H3,(H,17,18);1-3,6-7,11-12H,4-5,8-9,13H2/t;11-,12+/m.0/s1. The van der Waals surface area contributed by atoms with Crippen LogP contribution in [0, 0.1) is 0 Å². The summed E-state index contributed by atoms with van der Waals surface area (Å²) in [6.07, 6.45) is 5.72. The second-order valence-corrected chi connectivity index (χ2v) is 8.25. The number of aliphatic carboxylic acids is 1. The summed E-state index contributed by atoms with van der Waals surface area (Å²) in [7, 11) is 0. The van der Waals surface area contributed by atoms with Gasteiger partial charge in [0, 0.05) is 6.04 Å². The highest BCUT2D eigenvalue weighted by atomic mass is 16.4. The molecule has 0 saturated heterocycles. The second kappa shape index (κ2) is 11.5. The van der Waals surface area contributed by atoms with E-state index in [2.05, 4.69) is 30.3 Å². The number of carboxylic acid groups (broad SMARTS) is 1. The topological polar surface area (TPSA) is 63.3 Å². The van der Waals surface area contributed by atoms with Gasteiger partial charge < -0.3 is 10.8 Å². The van der Waals surface area contributed by atoms with Crippen molar-refractivity contribution in [2.75, 3.05) is 0 Å². The van der Waals surface area contributed by atoms with E-state index in [1.54, 1.807) is 0 Å². The Hall–Kier alpha value is -2.91. The first-order valence-electron chi connectivity index (χ1n) is 11.3.